The van der Waals surface area contributed by atoms with Gasteiger partial charge in [-0.1, -0.05) is 0 Å². The number of rotatable bonds is 3. The lowest BCUT2D eigenvalue weighted by atomic mass is 9.78. The minimum atomic E-state index is -2.86. The minimum absolute atomic E-state index is 0.630. The lowest BCUT2D eigenvalue weighted by Crippen LogP contribution is -2.82. The zero-order valence-corrected chi connectivity index (χ0v) is 10.4. The number of ether oxygens (including phenoxy) is 1. The van der Waals surface area contributed by atoms with Crippen LogP contribution < -0.4 is 11.1 Å². The molecule has 0 saturated carbocycles. The van der Waals surface area contributed by atoms with E-state index in [2.05, 4.69) is 0 Å². The highest BCUT2D eigenvalue weighted by Gasteiger charge is 2.66. The van der Waals surface area contributed by atoms with Gasteiger partial charge < -0.3 is 41.3 Å². The SMILES string of the molecule is [2H]CC(N)[C@@]1(O)[C@@H](O)[C@H](O)[C@@H](CO)OC1(O)NC(C)=O. The van der Waals surface area contributed by atoms with Gasteiger partial charge in [0.25, 0.3) is 5.91 Å². The largest absolute Gasteiger partial charge is 0.394 e. The first-order valence-corrected chi connectivity index (χ1v) is 5.57. The van der Waals surface area contributed by atoms with Crippen molar-refractivity contribution >= 4 is 5.91 Å². The Hall–Kier alpha value is -0.810. The van der Waals surface area contributed by atoms with E-state index in [9.17, 15) is 25.2 Å². The van der Waals surface area contributed by atoms with Crippen molar-refractivity contribution in [3.8, 4) is 0 Å². The normalized spacial score (nSPS) is 45.4. The smallest absolute Gasteiger partial charge is 0.284 e. The number of aliphatic hydroxyl groups is 5. The Bertz CT molecular complexity index is 374. The van der Waals surface area contributed by atoms with Gasteiger partial charge in [0.05, 0.1) is 6.61 Å². The van der Waals surface area contributed by atoms with Crippen molar-refractivity contribution < 1.29 is 36.4 Å². The van der Waals surface area contributed by atoms with Crippen LogP contribution in [0.15, 0.2) is 0 Å². The maximum atomic E-state index is 11.1. The van der Waals surface area contributed by atoms with Gasteiger partial charge in [-0.15, -0.1) is 0 Å². The van der Waals surface area contributed by atoms with Crippen molar-refractivity contribution in [3.05, 3.63) is 0 Å². The molecule has 1 rings (SSSR count). The molecule has 2 unspecified atom stereocenters. The molecule has 0 spiro atoms. The first-order valence-electron chi connectivity index (χ1n) is 6.27. The van der Waals surface area contributed by atoms with Crippen LogP contribution >= 0.6 is 0 Å². The number of hydrogen-bond donors (Lipinski definition) is 7. The Morgan fingerprint density at radius 2 is 2.16 bits per heavy atom. The second-order valence-corrected chi connectivity index (χ2v) is 4.53. The first-order chi connectivity index (χ1) is 9.14. The molecule has 19 heavy (non-hydrogen) atoms. The van der Waals surface area contributed by atoms with Crippen molar-refractivity contribution in [1.82, 2.24) is 5.32 Å². The van der Waals surface area contributed by atoms with Crippen molar-refractivity contribution in [1.29, 1.82) is 0 Å². The summed E-state index contributed by atoms with van der Waals surface area (Å²) in [6.45, 7) is -0.402. The van der Waals surface area contributed by atoms with Crippen molar-refractivity contribution in [2.24, 2.45) is 5.73 Å². The summed E-state index contributed by atoms with van der Waals surface area (Å²) in [6.07, 6.45) is -5.28. The predicted octanol–water partition coefficient (Wildman–Crippen LogP) is -4.04. The summed E-state index contributed by atoms with van der Waals surface area (Å²) < 4.78 is 12.1. The topological polar surface area (TPSA) is 166 Å². The highest BCUT2D eigenvalue weighted by atomic mass is 16.7. The fourth-order valence-electron chi connectivity index (χ4n) is 2.03. The number of nitrogens with one attached hydrogen (secondary N) is 1. The molecule has 6 atom stereocenters. The van der Waals surface area contributed by atoms with E-state index < -0.39 is 55.3 Å². The molecule has 0 aromatic heterocycles. The van der Waals surface area contributed by atoms with Crippen LogP contribution in [0.3, 0.4) is 0 Å². The highest BCUT2D eigenvalue weighted by Crippen LogP contribution is 2.36. The van der Waals surface area contributed by atoms with Gasteiger partial charge >= 0.3 is 0 Å². The fourth-order valence-corrected chi connectivity index (χ4v) is 2.03. The second-order valence-electron chi connectivity index (χ2n) is 4.53. The standard InChI is InChI=1S/C10H20N2O7/c1-4(11)9(17)8(16)7(15)6(3-13)19-10(9,18)12-5(2)14/h4,6-8,13,15-18H,3,11H2,1-2H3,(H,12,14)/t4?,6-,7-,8+,9-,10?/m1/s1/i1D. The Morgan fingerprint density at radius 3 is 2.58 bits per heavy atom. The number of amides is 1. The Balaban J connectivity index is 3.28. The molecule has 1 amide bonds. The number of nitrogens with two attached hydrogens (primary N) is 1. The maximum Gasteiger partial charge on any atom is 0.284 e. The van der Waals surface area contributed by atoms with E-state index in [0.717, 1.165) is 6.92 Å². The molecule has 112 valence electrons. The van der Waals surface area contributed by atoms with E-state index >= 15 is 0 Å². The van der Waals surface area contributed by atoms with Crippen LogP contribution in [0.5, 0.6) is 0 Å². The molecule has 0 aromatic carbocycles. The summed E-state index contributed by atoms with van der Waals surface area (Å²) in [7, 11) is 0. The molecular weight excluding hydrogens is 260 g/mol. The highest BCUT2D eigenvalue weighted by molar-refractivity contribution is 5.73. The molecule has 0 bridgehead atoms. The van der Waals surface area contributed by atoms with Gasteiger partial charge in [-0.05, 0) is 6.90 Å². The molecule has 1 heterocycles. The van der Waals surface area contributed by atoms with Gasteiger partial charge in [0.2, 0.25) is 5.91 Å². The van der Waals surface area contributed by atoms with E-state index in [4.69, 9.17) is 16.9 Å². The summed E-state index contributed by atoms with van der Waals surface area (Å²) in [5.74, 6) is -3.67. The molecule has 1 aliphatic heterocycles. The second kappa shape index (κ2) is 5.29. The van der Waals surface area contributed by atoms with Gasteiger partial charge in [-0.2, -0.15) is 0 Å². The number of hydrogen-bond acceptors (Lipinski definition) is 8. The first kappa shape index (κ1) is 14.6. The molecule has 9 heteroatoms. The van der Waals surface area contributed by atoms with E-state index in [-0.39, 0.29) is 0 Å². The zero-order chi connectivity index (χ0) is 15.7. The van der Waals surface area contributed by atoms with Gasteiger partial charge in [0, 0.05) is 14.3 Å². The van der Waals surface area contributed by atoms with Gasteiger partial charge in [0.1, 0.15) is 18.3 Å². The Kier molecular flexibility index (Phi) is 4.06. The molecule has 0 radical (unpaired) electrons. The van der Waals surface area contributed by atoms with Crippen molar-refractivity contribution in [2.45, 2.75) is 49.7 Å². The van der Waals surface area contributed by atoms with Crippen molar-refractivity contribution in [3.63, 3.8) is 0 Å². The third kappa shape index (κ3) is 2.46. The number of aliphatic hydroxyl groups excluding tert-OH is 3. The molecule has 0 aromatic rings. The maximum absolute atomic E-state index is 11.1. The minimum Gasteiger partial charge on any atom is -0.394 e. The third-order valence-electron chi connectivity index (χ3n) is 3.11. The van der Waals surface area contributed by atoms with Crippen LogP contribution in [0.1, 0.15) is 15.2 Å². The molecule has 0 aliphatic carbocycles. The Morgan fingerprint density at radius 1 is 1.58 bits per heavy atom. The van der Waals surface area contributed by atoms with Crippen molar-refractivity contribution in [2.75, 3.05) is 6.61 Å². The van der Waals surface area contributed by atoms with E-state index in [1.807, 2.05) is 5.32 Å². The quantitative estimate of drug-likeness (QED) is 0.257. The van der Waals surface area contributed by atoms with Crippen LogP contribution in [0, 0.1) is 0 Å². The van der Waals surface area contributed by atoms with Crippen LogP contribution in [0.2, 0.25) is 0 Å². The average Bonchev–Trinajstić information content (AvgIpc) is 2.38. The molecule has 1 fully saturated rings. The molecule has 9 nitrogen and oxygen atoms in total. The Labute approximate surface area is 111 Å². The average molecular weight is 281 g/mol. The van der Waals surface area contributed by atoms with E-state index in [1.54, 1.807) is 0 Å². The third-order valence-corrected chi connectivity index (χ3v) is 3.11. The summed E-state index contributed by atoms with van der Waals surface area (Å²) >= 11 is 0. The zero-order valence-electron chi connectivity index (χ0n) is 11.4. The summed E-state index contributed by atoms with van der Waals surface area (Å²) in [6, 6.07) is -1.54. The number of carbonyl (C=O) groups excluding carboxylic acids is 1. The van der Waals surface area contributed by atoms with Crippen LogP contribution in [0.4, 0.5) is 0 Å². The number of carbonyl (C=O) groups is 1. The van der Waals surface area contributed by atoms with Gasteiger partial charge in [-0.25, -0.2) is 0 Å². The van der Waals surface area contributed by atoms with E-state index in [0.29, 0.717) is 0 Å². The van der Waals surface area contributed by atoms with E-state index in [1.165, 1.54) is 0 Å². The fraction of sp³-hybridized carbons (Fsp3) is 0.900. The van der Waals surface area contributed by atoms with Crippen LogP contribution in [-0.4, -0.2) is 73.9 Å². The lowest BCUT2D eigenvalue weighted by molar-refractivity contribution is -0.400. The summed E-state index contributed by atoms with van der Waals surface area (Å²) in [4.78, 5) is 11.1. The summed E-state index contributed by atoms with van der Waals surface area (Å²) in [5, 5.41) is 51.4. The van der Waals surface area contributed by atoms with Gasteiger partial charge in [0.15, 0.2) is 5.60 Å². The monoisotopic (exact) mass is 281 g/mol. The van der Waals surface area contributed by atoms with Crippen LogP contribution in [-0.2, 0) is 9.53 Å². The van der Waals surface area contributed by atoms with Gasteiger partial charge in [-0.3, -0.25) is 4.79 Å². The summed E-state index contributed by atoms with van der Waals surface area (Å²) in [5.41, 5.74) is 2.78. The lowest BCUT2D eigenvalue weighted by Gasteiger charge is -2.54. The molecule has 8 N–H and O–H groups in total. The predicted molar refractivity (Wildman–Crippen MR) is 61.3 cm³/mol. The molecular formula is C10H20N2O7. The molecule has 1 aliphatic rings. The van der Waals surface area contributed by atoms with Crippen LogP contribution in [0.25, 0.3) is 0 Å². The molecule has 1 saturated heterocycles.